The molecule has 0 aliphatic heterocycles. The van der Waals surface area contributed by atoms with Crippen molar-refractivity contribution in [2.24, 2.45) is 0 Å². The zero-order valence-electron chi connectivity index (χ0n) is 10.7. The second-order valence-corrected chi connectivity index (χ2v) is 5.01. The van der Waals surface area contributed by atoms with E-state index in [1.807, 2.05) is 6.07 Å². The Labute approximate surface area is 121 Å². The van der Waals surface area contributed by atoms with E-state index in [0.29, 0.717) is 23.4 Å². The van der Waals surface area contributed by atoms with Crippen molar-refractivity contribution in [3.8, 4) is 0 Å². The smallest absolute Gasteiger partial charge is 0.310 e. The highest BCUT2D eigenvalue weighted by Crippen LogP contribution is 2.24. The monoisotopic (exact) mass is 292 g/mol. The Morgan fingerprint density at radius 3 is 2.55 bits per heavy atom. The van der Waals surface area contributed by atoms with Crippen LogP contribution in [0.5, 0.6) is 0 Å². The summed E-state index contributed by atoms with van der Waals surface area (Å²) in [5, 5.41) is 9.76. The molecule has 0 spiro atoms. The van der Waals surface area contributed by atoms with Crippen LogP contribution in [0.4, 0.5) is 4.39 Å². The van der Waals surface area contributed by atoms with Crippen LogP contribution in [0.25, 0.3) is 0 Å². The van der Waals surface area contributed by atoms with E-state index in [0.717, 1.165) is 5.56 Å². The van der Waals surface area contributed by atoms with Gasteiger partial charge in [0.25, 0.3) is 0 Å². The molecule has 0 amide bonds. The van der Waals surface area contributed by atoms with Gasteiger partial charge in [0.1, 0.15) is 5.82 Å². The number of carboxylic acid groups (broad SMARTS) is 1. The summed E-state index contributed by atoms with van der Waals surface area (Å²) >= 11 is 5.83. The first kappa shape index (κ1) is 14.5. The molecule has 0 heterocycles. The third-order valence-corrected chi connectivity index (χ3v) is 3.45. The summed E-state index contributed by atoms with van der Waals surface area (Å²) in [5.74, 6) is -1.90. The number of aryl methyl sites for hydroxylation is 1. The van der Waals surface area contributed by atoms with Crippen molar-refractivity contribution < 1.29 is 14.3 Å². The van der Waals surface area contributed by atoms with Gasteiger partial charge in [-0.2, -0.15) is 0 Å². The van der Waals surface area contributed by atoms with Crippen molar-refractivity contribution in [1.29, 1.82) is 0 Å². The van der Waals surface area contributed by atoms with Gasteiger partial charge in [-0.15, -0.1) is 0 Å². The number of hydrogen-bond acceptors (Lipinski definition) is 1. The second kappa shape index (κ2) is 6.53. The molecule has 0 radical (unpaired) electrons. The van der Waals surface area contributed by atoms with Gasteiger partial charge in [-0.1, -0.05) is 41.9 Å². The molecule has 0 saturated carbocycles. The molecule has 104 valence electrons. The molecule has 0 aliphatic rings. The topological polar surface area (TPSA) is 37.3 Å². The first-order chi connectivity index (χ1) is 9.58. The summed E-state index contributed by atoms with van der Waals surface area (Å²) in [6.07, 6.45) is 0.662. The lowest BCUT2D eigenvalue weighted by Gasteiger charge is -2.13. The number of carbonyl (C=O) groups is 1. The molecule has 0 aromatic heterocycles. The molecule has 0 bridgehead atoms. The number of carboxylic acids is 1. The molecule has 0 fully saturated rings. The summed E-state index contributed by atoms with van der Waals surface area (Å²) in [5.41, 5.74) is 1.17. The zero-order chi connectivity index (χ0) is 14.5. The molecule has 2 aromatic rings. The molecule has 2 aromatic carbocycles. The van der Waals surface area contributed by atoms with Gasteiger partial charge in [0.05, 0.1) is 5.92 Å². The Morgan fingerprint density at radius 2 is 1.90 bits per heavy atom. The minimum atomic E-state index is -0.904. The minimum absolute atomic E-state index is 0.330. The molecule has 1 N–H and O–H groups in total. The maximum atomic E-state index is 13.6. The second-order valence-electron chi connectivity index (χ2n) is 4.58. The molecular weight excluding hydrogens is 279 g/mol. The summed E-state index contributed by atoms with van der Waals surface area (Å²) in [6, 6.07) is 13.3. The quantitative estimate of drug-likeness (QED) is 0.893. The van der Waals surface area contributed by atoms with Crippen molar-refractivity contribution in [3.63, 3.8) is 0 Å². The third kappa shape index (κ3) is 3.58. The van der Waals surface area contributed by atoms with Crippen molar-refractivity contribution in [2.45, 2.75) is 18.8 Å². The molecular formula is C16H14ClFO2. The Kier molecular flexibility index (Phi) is 4.74. The first-order valence-corrected chi connectivity index (χ1v) is 6.67. The molecule has 20 heavy (non-hydrogen) atoms. The van der Waals surface area contributed by atoms with Crippen molar-refractivity contribution >= 4 is 17.6 Å². The van der Waals surface area contributed by atoms with Gasteiger partial charge in [-0.3, -0.25) is 4.79 Å². The summed E-state index contributed by atoms with van der Waals surface area (Å²) in [6.45, 7) is 0. The maximum absolute atomic E-state index is 13.6. The van der Waals surface area contributed by atoms with Gasteiger partial charge in [0.15, 0.2) is 0 Å². The van der Waals surface area contributed by atoms with Gasteiger partial charge >= 0.3 is 5.97 Å². The molecule has 2 nitrogen and oxygen atoms in total. The van der Waals surface area contributed by atoms with Crippen LogP contribution in [0, 0.1) is 5.82 Å². The largest absolute Gasteiger partial charge is 0.481 e. The van der Waals surface area contributed by atoms with Gasteiger partial charge in [-0.25, -0.2) is 4.39 Å². The fraction of sp³-hybridized carbons (Fsp3) is 0.188. The highest BCUT2D eigenvalue weighted by Gasteiger charge is 2.20. The summed E-state index contributed by atoms with van der Waals surface area (Å²) < 4.78 is 13.6. The minimum Gasteiger partial charge on any atom is -0.481 e. The van der Waals surface area contributed by atoms with E-state index in [-0.39, 0.29) is 5.82 Å². The fourth-order valence-corrected chi connectivity index (χ4v) is 2.35. The van der Waals surface area contributed by atoms with Crippen LogP contribution in [0.1, 0.15) is 23.5 Å². The van der Waals surface area contributed by atoms with Gasteiger partial charge in [0, 0.05) is 5.02 Å². The average Bonchev–Trinajstić information content (AvgIpc) is 2.43. The van der Waals surface area contributed by atoms with Crippen LogP contribution < -0.4 is 0 Å². The molecule has 4 heteroatoms. The number of halogens is 2. The van der Waals surface area contributed by atoms with Crippen molar-refractivity contribution in [2.75, 3.05) is 0 Å². The van der Waals surface area contributed by atoms with Gasteiger partial charge in [-0.05, 0) is 42.2 Å². The van der Waals surface area contributed by atoms with E-state index in [4.69, 9.17) is 11.6 Å². The van der Waals surface area contributed by atoms with Gasteiger partial charge in [0.2, 0.25) is 0 Å². The molecule has 0 aliphatic carbocycles. The third-order valence-electron chi connectivity index (χ3n) is 3.21. The average molecular weight is 293 g/mol. The van der Waals surface area contributed by atoms with E-state index in [9.17, 15) is 14.3 Å². The number of rotatable bonds is 5. The van der Waals surface area contributed by atoms with Crippen LogP contribution in [-0.2, 0) is 11.2 Å². The van der Waals surface area contributed by atoms with Crippen LogP contribution in [-0.4, -0.2) is 11.1 Å². The van der Waals surface area contributed by atoms with Crippen LogP contribution in [0.3, 0.4) is 0 Å². The van der Waals surface area contributed by atoms with Crippen LogP contribution in [0.2, 0.25) is 5.02 Å². The molecule has 0 saturated heterocycles. The van der Waals surface area contributed by atoms with E-state index in [1.54, 1.807) is 30.3 Å². The van der Waals surface area contributed by atoms with Crippen molar-refractivity contribution in [3.05, 3.63) is 70.5 Å². The number of aliphatic carboxylic acids is 1. The number of benzene rings is 2. The predicted octanol–water partition coefficient (Wildman–Crippen LogP) is 4.28. The van der Waals surface area contributed by atoms with Gasteiger partial charge < -0.3 is 5.11 Å². The van der Waals surface area contributed by atoms with E-state index < -0.39 is 11.9 Å². The van der Waals surface area contributed by atoms with Crippen LogP contribution >= 0.6 is 11.6 Å². The SMILES string of the molecule is O=C(O)C(CCc1cc(Cl)ccc1F)c1ccccc1. The van der Waals surface area contributed by atoms with Crippen molar-refractivity contribution in [1.82, 2.24) is 0 Å². The molecule has 1 unspecified atom stereocenters. The first-order valence-electron chi connectivity index (χ1n) is 6.29. The highest BCUT2D eigenvalue weighted by molar-refractivity contribution is 6.30. The van der Waals surface area contributed by atoms with Crippen LogP contribution in [0.15, 0.2) is 48.5 Å². The Morgan fingerprint density at radius 1 is 1.20 bits per heavy atom. The normalized spacial score (nSPS) is 12.1. The standard InChI is InChI=1S/C16H14ClFO2/c17-13-7-9-15(18)12(10-13)6-8-14(16(19)20)11-4-2-1-3-5-11/h1-5,7,9-10,14H,6,8H2,(H,19,20). The summed E-state index contributed by atoms with van der Waals surface area (Å²) in [7, 11) is 0. The Balaban J connectivity index is 2.14. The maximum Gasteiger partial charge on any atom is 0.310 e. The Hall–Kier alpha value is -1.87. The predicted molar refractivity (Wildman–Crippen MR) is 76.5 cm³/mol. The highest BCUT2D eigenvalue weighted by atomic mass is 35.5. The lowest BCUT2D eigenvalue weighted by molar-refractivity contribution is -0.138. The zero-order valence-corrected chi connectivity index (χ0v) is 11.5. The van der Waals surface area contributed by atoms with E-state index in [2.05, 4.69) is 0 Å². The molecule has 1 atom stereocenters. The Bertz CT molecular complexity index is 599. The molecule has 2 rings (SSSR count). The number of hydrogen-bond donors (Lipinski definition) is 1. The fourth-order valence-electron chi connectivity index (χ4n) is 2.15. The lowest BCUT2D eigenvalue weighted by atomic mass is 9.92. The van der Waals surface area contributed by atoms with E-state index >= 15 is 0 Å². The van der Waals surface area contributed by atoms with E-state index in [1.165, 1.54) is 12.1 Å². The lowest BCUT2D eigenvalue weighted by Crippen LogP contribution is -2.13. The summed E-state index contributed by atoms with van der Waals surface area (Å²) in [4.78, 5) is 11.4.